The molecule has 0 aliphatic heterocycles. The fraction of sp³-hybridized carbons (Fsp3) is 0.636. The summed E-state index contributed by atoms with van der Waals surface area (Å²) in [5.74, 6) is 1.86. The number of sulfonamides is 1. The molecule has 0 radical (unpaired) electrons. The zero-order chi connectivity index (χ0) is 15.0. The molecule has 0 amide bonds. The van der Waals surface area contributed by atoms with E-state index >= 15 is 0 Å². The van der Waals surface area contributed by atoms with Gasteiger partial charge >= 0.3 is 0 Å². The van der Waals surface area contributed by atoms with E-state index in [-0.39, 0.29) is 0 Å². The van der Waals surface area contributed by atoms with Gasteiger partial charge in [0.15, 0.2) is 5.82 Å². The quantitative estimate of drug-likeness (QED) is 0.552. The normalized spacial score (nSPS) is 11.3. The maximum Gasteiger partial charge on any atom is 0.208 e. The maximum atomic E-state index is 10.9. The lowest BCUT2D eigenvalue weighted by atomic mass is 10.4. The van der Waals surface area contributed by atoms with Crippen molar-refractivity contribution in [2.75, 3.05) is 43.6 Å². The number of nitrogens with one attached hydrogen (secondary N) is 3. The van der Waals surface area contributed by atoms with Gasteiger partial charge in [0.1, 0.15) is 18.2 Å². The first-order valence-electron chi connectivity index (χ1n) is 6.26. The first-order valence-corrected chi connectivity index (χ1v) is 8.15. The van der Waals surface area contributed by atoms with E-state index in [4.69, 9.17) is 4.74 Å². The van der Waals surface area contributed by atoms with Crippen molar-refractivity contribution in [3.05, 3.63) is 11.9 Å². The summed E-state index contributed by atoms with van der Waals surface area (Å²) in [5.41, 5.74) is 0. The molecule has 20 heavy (non-hydrogen) atoms. The Kier molecular flexibility index (Phi) is 6.62. The van der Waals surface area contributed by atoms with Gasteiger partial charge in [0.2, 0.25) is 10.0 Å². The van der Waals surface area contributed by atoms with E-state index in [0.717, 1.165) is 6.26 Å². The monoisotopic (exact) mass is 303 g/mol. The highest BCUT2D eigenvalue weighted by molar-refractivity contribution is 7.88. The van der Waals surface area contributed by atoms with Gasteiger partial charge < -0.3 is 15.4 Å². The van der Waals surface area contributed by atoms with Crippen LogP contribution in [0, 0.1) is 0 Å². The molecule has 0 aliphatic rings. The van der Waals surface area contributed by atoms with Gasteiger partial charge in [-0.1, -0.05) is 0 Å². The van der Waals surface area contributed by atoms with Gasteiger partial charge in [-0.15, -0.1) is 0 Å². The number of nitrogens with zero attached hydrogens (tertiary/aromatic N) is 2. The molecule has 0 saturated heterocycles. The van der Waals surface area contributed by atoms with E-state index in [9.17, 15) is 8.42 Å². The van der Waals surface area contributed by atoms with Crippen molar-refractivity contribution in [3.8, 4) is 0 Å². The number of ether oxygens (including phenoxy) is 1. The molecule has 0 aliphatic carbocycles. The number of hydrogen-bond donors (Lipinski definition) is 3. The molecule has 1 aromatic heterocycles. The van der Waals surface area contributed by atoms with Crippen molar-refractivity contribution < 1.29 is 13.2 Å². The summed E-state index contributed by atoms with van der Waals surface area (Å²) in [5, 5.41) is 5.98. The fourth-order valence-corrected chi connectivity index (χ4v) is 1.87. The molecule has 0 spiro atoms. The van der Waals surface area contributed by atoms with Crippen molar-refractivity contribution in [3.63, 3.8) is 0 Å². The van der Waals surface area contributed by atoms with Gasteiger partial charge in [0.05, 0.1) is 6.26 Å². The zero-order valence-corrected chi connectivity index (χ0v) is 12.7. The maximum absolute atomic E-state index is 10.9. The predicted octanol–water partition coefficient (Wildman–Crippen LogP) is 0.0159. The molecule has 0 bridgehead atoms. The van der Waals surface area contributed by atoms with Gasteiger partial charge in [-0.25, -0.2) is 23.1 Å². The van der Waals surface area contributed by atoms with Crippen LogP contribution in [0.5, 0.6) is 0 Å². The molecule has 0 fully saturated rings. The average Bonchev–Trinajstić information content (AvgIpc) is 2.40. The van der Waals surface area contributed by atoms with Gasteiger partial charge in [0.25, 0.3) is 0 Å². The molecule has 0 aromatic carbocycles. The summed E-state index contributed by atoms with van der Waals surface area (Å²) in [7, 11) is -1.40. The summed E-state index contributed by atoms with van der Waals surface area (Å²) < 4.78 is 29.5. The van der Waals surface area contributed by atoms with Crippen LogP contribution in [-0.4, -0.2) is 51.4 Å². The predicted molar refractivity (Wildman–Crippen MR) is 78.2 cm³/mol. The van der Waals surface area contributed by atoms with Crippen LogP contribution in [0.2, 0.25) is 0 Å². The lowest BCUT2D eigenvalue weighted by molar-refractivity contribution is 0.128. The van der Waals surface area contributed by atoms with Crippen LogP contribution >= 0.6 is 0 Å². The smallest absolute Gasteiger partial charge is 0.208 e. The van der Waals surface area contributed by atoms with Gasteiger partial charge in [-0.3, -0.25) is 0 Å². The van der Waals surface area contributed by atoms with Crippen LogP contribution < -0.4 is 15.4 Å². The lowest BCUT2D eigenvalue weighted by Crippen LogP contribution is -2.27. The first kappa shape index (κ1) is 16.6. The second-order valence-electron chi connectivity index (χ2n) is 4.04. The van der Waals surface area contributed by atoms with Gasteiger partial charge in [-0.05, 0) is 6.92 Å². The van der Waals surface area contributed by atoms with Crippen LogP contribution in [0.4, 0.5) is 11.6 Å². The Balaban J connectivity index is 2.59. The second kappa shape index (κ2) is 7.98. The molecule has 0 saturated carbocycles. The van der Waals surface area contributed by atoms with Crippen LogP contribution in [-0.2, 0) is 21.4 Å². The Morgan fingerprint density at radius 2 is 1.95 bits per heavy atom. The number of hydrogen-bond acceptors (Lipinski definition) is 7. The molecular weight excluding hydrogens is 282 g/mol. The minimum atomic E-state index is -3.17. The molecule has 1 aromatic rings. The molecule has 9 heteroatoms. The average molecular weight is 303 g/mol. The Labute approximate surface area is 119 Å². The fourth-order valence-electron chi connectivity index (χ4n) is 1.40. The topological polar surface area (TPSA) is 105 Å². The third kappa shape index (κ3) is 6.64. The molecule has 0 atom stereocenters. The second-order valence-corrected chi connectivity index (χ2v) is 5.87. The molecule has 1 heterocycles. The lowest BCUT2D eigenvalue weighted by Gasteiger charge is -2.10. The van der Waals surface area contributed by atoms with Crippen molar-refractivity contribution in [1.29, 1.82) is 0 Å². The number of anilines is 2. The third-order valence-corrected chi connectivity index (χ3v) is 2.99. The van der Waals surface area contributed by atoms with Gasteiger partial charge in [0, 0.05) is 32.8 Å². The molecule has 1 rings (SSSR count). The molecule has 0 unspecified atom stereocenters. The van der Waals surface area contributed by atoms with Gasteiger partial charge in [-0.2, -0.15) is 0 Å². The van der Waals surface area contributed by atoms with E-state index in [2.05, 4.69) is 25.3 Å². The minimum Gasteiger partial charge on any atom is -0.374 e. The Bertz CT molecular complexity index is 521. The molecule has 114 valence electrons. The summed E-state index contributed by atoms with van der Waals surface area (Å²) in [6, 6.07) is 1.75. The summed E-state index contributed by atoms with van der Waals surface area (Å²) >= 11 is 0. The number of rotatable bonds is 9. The Hall–Kier alpha value is -1.45. The van der Waals surface area contributed by atoms with Crippen LogP contribution in [0.15, 0.2) is 6.07 Å². The Morgan fingerprint density at radius 1 is 1.25 bits per heavy atom. The van der Waals surface area contributed by atoms with E-state index in [0.29, 0.717) is 43.8 Å². The third-order valence-electron chi connectivity index (χ3n) is 2.26. The zero-order valence-electron chi connectivity index (χ0n) is 11.9. The van der Waals surface area contributed by atoms with Crippen molar-refractivity contribution in [1.82, 2.24) is 14.7 Å². The summed E-state index contributed by atoms with van der Waals surface area (Å²) in [6.45, 7) is 3.55. The summed E-state index contributed by atoms with van der Waals surface area (Å²) in [4.78, 5) is 8.55. The standard InChI is InChI=1S/C11H21N5O3S/c1-4-19-8-11-15-9(12-2)7-10(16-11)13-5-6-14-20(3,17)18/h7,14H,4-6,8H2,1-3H3,(H2,12,13,15,16). The summed E-state index contributed by atoms with van der Waals surface area (Å²) in [6.07, 6.45) is 1.12. The molecule has 3 N–H and O–H groups in total. The van der Waals surface area contributed by atoms with Crippen molar-refractivity contribution in [2.45, 2.75) is 13.5 Å². The molecule has 8 nitrogen and oxygen atoms in total. The van der Waals surface area contributed by atoms with E-state index in [1.165, 1.54) is 0 Å². The van der Waals surface area contributed by atoms with Crippen LogP contribution in [0.1, 0.15) is 12.7 Å². The van der Waals surface area contributed by atoms with Crippen molar-refractivity contribution in [2.24, 2.45) is 0 Å². The SMILES string of the molecule is CCOCc1nc(NC)cc(NCCNS(C)(=O)=O)n1. The first-order chi connectivity index (χ1) is 9.44. The van der Waals surface area contributed by atoms with E-state index in [1.807, 2.05) is 6.92 Å². The Morgan fingerprint density at radius 3 is 2.55 bits per heavy atom. The molecular formula is C11H21N5O3S. The highest BCUT2D eigenvalue weighted by atomic mass is 32.2. The minimum absolute atomic E-state index is 0.290. The largest absolute Gasteiger partial charge is 0.374 e. The van der Waals surface area contributed by atoms with E-state index in [1.54, 1.807) is 13.1 Å². The highest BCUT2D eigenvalue weighted by Crippen LogP contribution is 2.11. The van der Waals surface area contributed by atoms with Crippen molar-refractivity contribution >= 4 is 21.7 Å². The highest BCUT2D eigenvalue weighted by Gasteiger charge is 2.04. The van der Waals surface area contributed by atoms with E-state index < -0.39 is 10.0 Å². The van der Waals surface area contributed by atoms with Crippen LogP contribution in [0.25, 0.3) is 0 Å². The number of aromatic nitrogens is 2. The van der Waals surface area contributed by atoms with Crippen LogP contribution in [0.3, 0.4) is 0 Å².